The Kier molecular flexibility index (Phi) is 4.55. The molecule has 0 saturated heterocycles. The Bertz CT molecular complexity index is 623. The minimum Gasteiger partial charge on any atom is -0.478 e. The lowest BCUT2D eigenvalue weighted by Gasteiger charge is -2.34. The van der Waals surface area contributed by atoms with Crippen molar-refractivity contribution in [3.05, 3.63) is 21.3 Å². The molecule has 120 valence electrons. The summed E-state index contributed by atoms with van der Waals surface area (Å²) in [7, 11) is 0. The lowest BCUT2D eigenvalue weighted by Crippen LogP contribution is -2.48. The van der Waals surface area contributed by atoms with Crippen LogP contribution in [0.5, 0.6) is 5.75 Å². The number of hydrogen-bond donors (Lipinski definition) is 1. The maximum Gasteiger partial charge on any atom is 0.415 e. The van der Waals surface area contributed by atoms with E-state index in [2.05, 4.69) is 22.6 Å². The van der Waals surface area contributed by atoms with Gasteiger partial charge in [0.05, 0.1) is 12.2 Å². The molecule has 1 unspecified atom stereocenters. The number of benzene rings is 1. The summed E-state index contributed by atoms with van der Waals surface area (Å²) in [5.74, 6) is -0.738. The fraction of sp³-hybridized carbons (Fsp3) is 0.467. The average molecular weight is 419 g/mol. The van der Waals surface area contributed by atoms with Gasteiger partial charge in [-0.15, -0.1) is 0 Å². The standard InChI is InChI=1S/C15H18INO5/c1-8-5-11-10(6-9(8)16)17(7-12(21-11)13(18)19)14(20)22-15(2,3)4/h5-6,12H,7H2,1-4H3,(H,18,19). The number of carbonyl (C=O) groups excluding carboxylic acids is 1. The van der Waals surface area contributed by atoms with Crippen LogP contribution in [-0.2, 0) is 9.53 Å². The molecule has 0 saturated carbocycles. The van der Waals surface area contributed by atoms with Crippen LogP contribution in [0.15, 0.2) is 12.1 Å². The molecule has 0 bridgehead atoms. The summed E-state index contributed by atoms with van der Waals surface area (Å²) in [5.41, 5.74) is 0.822. The lowest BCUT2D eigenvalue weighted by molar-refractivity contribution is -0.144. The summed E-state index contributed by atoms with van der Waals surface area (Å²) < 4.78 is 11.8. The second-order valence-electron chi connectivity index (χ2n) is 6.10. The fourth-order valence-corrected chi connectivity index (χ4v) is 2.47. The van der Waals surface area contributed by atoms with Crippen LogP contribution in [0.2, 0.25) is 0 Å². The molecule has 1 heterocycles. The molecular weight excluding hydrogens is 401 g/mol. The van der Waals surface area contributed by atoms with Crippen LogP contribution in [0, 0.1) is 10.5 Å². The van der Waals surface area contributed by atoms with E-state index in [4.69, 9.17) is 9.47 Å². The van der Waals surface area contributed by atoms with Crippen molar-refractivity contribution in [3.8, 4) is 5.75 Å². The SMILES string of the molecule is Cc1cc2c(cc1I)N(C(=O)OC(C)(C)C)CC(C(=O)O)O2. The first kappa shape index (κ1) is 16.9. The van der Waals surface area contributed by atoms with E-state index in [1.807, 2.05) is 6.92 Å². The van der Waals surface area contributed by atoms with Crippen molar-refractivity contribution < 1.29 is 24.2 Å². The molecule has 0 aliphatic carbocycles. The molecule has 6 nitrogen and oxygen atoms in total. The fourth-order valence-electron chi connectivity index (χ4n) is 2.02. The van der Waals surface area contributed by atoms with Crippen LogP contribution in [0.1, 0.15) is 26.3 Å². The van der Waals surface area contributed by atoms with Crippen LogP contribution in [0.25, 0.3) is 0 Å². The number of aryl methyl sites for hydroxylation is 1. The van der Waals surface area contributed by atoms with E-state index >= 15 is 0 Å². The molecule has 0 aromatic heterocycles. The third kappa shape index (κ3) is 3.63. The predicted molar refractivity (Wildman–Crippen MR) is 89.5 cm³/mol. The first-order valence-electron chi connectivity index (χ1n) is 6.78. The zero-order valence-corrected chi connectivity index (χ0v) is 15.0. The van der Waals surface area contributed by atoms with Crippen LogP contribution >= 0.6 is 22.6 Å². The number of carboxylic acid groups (broad SMARTS) is 1. The van der Waals surface area contributed by atoms with E-state index in [0.29, 0.717) is 11.4 Å². The van der Waals surface area contributed by atoms with Crippen molar-refractivity contribution >= 4 is 40.3 Å². The highest BCUT2D eigenvalue weighted by Crippen LogP contribution is 2.37. The minimum atomic E-state index is -1.12. The zero-order chi connectivity index (χ0) is 16.7. The number of nitrogens with zero attached hydrogens (tertiary/aromatic N) is 1. The summed E-state index contributed by atoms with van der Waals surface area (Å²) in [6, 6.07) is 3.54. The Morgan fingerprint density at radius 2 is 2.05 bits per heavy atom. The topological polar surface area (TPSA) is 76.1 Å². The van der Waals surface area contributed by atoms with Crippen molar-refractivity contribution in [2.75, 3.05) is 11.4 Å². The van der Waals surface area contributed by atoms with E-state index in [9.17, 15) is 14.7 Å². The molecule has 1 amide bonds. The van der Waals surface area contributed by atoms with Gasteiger partial charge in [0, 0.05) is 3.57 Å². The zero-order valence-electron chi connectivity index (χ0n) is 12.8. The number of fused-ring (bicyclic) bond motifs is 1. The molecule has 0 spiro atoms. The number of ether oxygens (including phenoxy) is 2. The summed E-state index contributed by atoms with van der Waals surface area (Å²) in [4.78, 5) is 25.0. The number of anilines is 1. The first-order chi connectivity index (χ1) is 10.1. The van der Waals surface area contributed by atoms with Crippen LogP contribution in [-0.4, -0.2) is 35.4 Å². The molecule has 2 rings (SSSR count). The Morgan fingerprint density at radius 3 is 2.59 bits per heavy atom. The van der Waals surface area contributed by atoms with E-state index < -0.39 is 23.8 Å². The van der Waals surface area contributed by atoms with Gasteiger partial charge in [-0.25, -0.2) is 9.59 Å². The summed E-state index contributed by atoms with van der Waals surface area (Å²) in [6.07, 6.45) is -1.69. The second kappa shape index (κ2) is 5.94. The number of carboxylic acids is 1. The number of aliphatic carboxylic acids is 1. The van der Waals surface area contributed by atoms with Crippen molar-refractivity contribution in [3.63, 3.8) is 0 Å². The average Bonchev–Trinajstić information content (AvgIpc) is 2.36. The quantitative estimate of drug-likeness (QED) is 0.708. The third-order valence-corrected chi connectivity index (χ3v) is 4.20. The van der Waals surface area contributed by atoms with Gasteiger partial charge in [-0.05, 0) is 68.0 Å². The Hall–Kier alpha value is -1.51. The Labute approximate surface area is 142 Å². The van der Waals surface area contributed by atoms with Crippen LogP contribution < -0.4 is 9.64 Å². The lowest BCUT2D eigenvalue weighted by atomic mass is 10.1. The molecule has 1 atom stereocenters. The third-order valence-electron chi connectivity index (χ3n) is 3.04. The van der Waals surface area contributed by atoms with Crippen LogP contribution in [0.4, 0.5) is 10.5 Å². The summed E-state index contributed by atoms with van der Waals surface area (Å²) in [5, 5.41) is 9.21. The Morgan fingerprint density at radius 1 is 1.41 bits per heavy atom. The highest BCUT2D eigenvalue weighted by Gasteiger charge is 2.36. The van der Waals surface area contributed by atoms with Gasteiger partial charge < -0.3 is 14.6 Å². The molecule has 1 N–H and O–H groups in total. The number of halogens is 1. The normalized spacial score (nSPS) is 17.5. The molecule has 0 fully saturated rings. The van der Waals surface area contributed by atoms with Gasteiger partial charge in [0.2, 0.25) is 6.10 Å². The monoisotopic (exact) mass is 419 g/mol. The van der Waals surface area contributed by atoms with Gasteiger partial charge in [-0.2, -0.15) is 0 Å². The first-order valence-corrected chi connectivity index (χ1v) is 7.86. The molecule has 1 aromatic rings. The van der Waals surface area contributed by atoms with Gasteiger partial charge in [-0.1, -0.05) is 0 Å². The second-order valence-corrected chi connectivity index (χ2v) is 7.27. The van der Waals surface area contributed by atoms with E-state index in [-0.39, 0.29) is 6.54 Å². The van der Waals surface area contributed by atoms with Gasteiger partial charge in [0.25, 0.3) is 0 Å². The van der Waals surface area contributed by atoms with E-state index in [1.54, 1.807) is 32.9 Å². The molecule has 0 radical (unpaired) electrons. The maximum absolute atomic E-state index is 12.4. The van der Waals surface area contributed by atoms with Crippen molar-refractivity contribution in [2.45, 2.75) is 39.4 Å². The summed E-state index contributed by atoms with van der Waals surface area (Å²) >= 11 is 2.16. The number of rotatable bonds is 1. The van der Waals surface area contributed by atoms with E-state index in [0.717, 1.165) is 9.13 Å². The van der Waals surface area contributed by atoms with E-state index in [1.165, 1.54) is 4.90 Å². The molecule has 1 aliphatic rings. The highest BCUT2D eigenvalue weighted by atomic mass is 127. The number of carbonyl (C=O) groups is 2. The van der Waals surface area contributed by atoms with Crippen molar-refractivity contribution in [2.24, 2.45) is 0 Å². The van der Waals surface area contributed by atoms with Crippen molar-refractivity contribution in [1.29, 1.82) is 0 Å². The van der Waals surface area contributed by atoms with Crippen molar-refractivity contribution in [1.82, 2.24) is 0 Å². The largest absolute Gasteiger partial charge is 0.478 e. The molecule has 1 aromatic carbocycles. The smallest absolute Gasteiger partial charge is 0.415 e. The van der Waals surface area contributed by atoms with Gasteiger partial charge in [0.1, 0.15) is 11.4 Å². The highest BCUT2D eigenvalue weighted by molar-refractivity contribution is 14.1. The number of amides is 1. The number of hydrogen-bond acceptors (Lipinski definition) is 4. The maximum atomic E-state index is 12.4. The van der Waals surface area contributed by atoms with Crippen LogP contribution in [0.3, 0.4) is 0 Å². The van der Waals surface area contributed by atoms with Gasteiger partial charge >= 0.3 is 12.1 Å². The summed E-state index contributed by atoms with van der Waals surface area (Å²) in [6.45, 7) is 7.10. The molecular formula is C15H18INO5. The molecule has 22 heavy (non-hydrogen) atoms. The van der Waals surface area contributed by atoms with Gasteiger partial charge in [0.15, 0.2) is 0 Å². The molecule has 7 heteroatoms. The predicted octanol–water partition coefficient (Wildman–Crippen LogP) is 3.19. The Balaban J connectivity index is 2.43. The van der Waals surface area contributed by atoms with Gasteiger partial charge in [-0.3, -0.25) is 4.90 Å². The minimum absolute atomic E-state index is 0.0869. The molecule has 1 aliphatic heterocycles.